The van der Waals surface area contributed by atoms with Crippen molar-refractivity contribution in [2.75, 3.05) is 0 Å². The molecule has 0 fully saturated rings. The Morgan fingerprint density at radius 1 is 0.750 bits per heavy atom. The molecule has 1 N–H and O–H groups in total. The van der Waals surface area contributed by atoms with Crippen LogP contribution in [-0.2, 0) is 0 Å². The monoisotopic (exact) mass is 385 g/mol. The Morgan fingerprint density at radius 3 is 1.62 bits per heavy atom. The van der Waals surface area contributed by atoms with Crippen LogP contribution in [0.5, 0.6) is 0 Å². The van der Waals surface area contributed by atoms with E-state index < -0.39 is 17.8 Å². The summed E-state index contributed by atoms with van der Waals surface area (Å²) in [4.78, 5) is 9.65. The molecule has 0 saturated heterocycles. The van der Waals surface area contributed by atoms with Gasteiger partial charge in [-0.1, -0.05) is 30.4 Å². The van der Waals surface area contributed by atoms with Crippen LogP contribution in [0.25, 0.3) is 0 Å². The van der Waals surface area contributed by atoms with Crippen LogP contribution in [0.4, 0.5) is 13.2 Å². The lowest BCUT2D eigenvalue weighted by molar-refractivity contribution is 0.571. The smallest absolute Gasteiger partial charge is 0.213 e. The van der Waals surface area contributed by atoms with Gasteiger partial charge in [-0.3, -0.25) is 0 Å². The summed E-state index contributed by atoms with van der Waals surface area (Å²) < 4.78 is 38.0. The number of pyridine rings is 3. The Kier molecular flexibility index (Phi) is 7.29. The number of H-pyrrole nitrogens is 1. The van der Waals surface area contributed by atoms with E-state index in [0.29, 0.717) is 14.7 Å². The van der Waals surface area contributed by atoms with Crippen molar-refractivity contribution in [1.82, 2.24) is 15.0 Å². The Hall–Kier alpha value is -1.84. The molecular formula is C15H10F3N3S3. The van der Waals surface area contributed by atoms with Gasteiger partial charge in [-0.25, -0.2) is 9.97 Å². The first-order valence-electron chi connectivity index (χ1n) is 6.47. The molecule has 0 saturated carbocycles. The number of aromatic nitrogens is 3. The van der Waals surface area contributed by atoms with Gasteiger partial charge in [0.25, 0.3) is 0 Å². The first-order chi connectivity index (χ1) is 11.5. The van der Waals surface area contributed by atoms with Gasteiger partial charge in [-0.2, -0.15) is 13.2 Å². The summed E-state index contributed by atoms with van der Waals surface area (Å²) in [6.07, 6.45) is 0. The molecule has 0 aromatic carbocycles. The van der Waals surface area contributed by atoms with E-state index in [1.165, 1.54) is 39.8 Å². The lowest BCUT2D eigenvalue weighted by Gasteiger charge is -1.99. The van der Waals surface area contributed by atoms with E-state index >= 15 is 0 Å². The maximum absolute atomic E-state index is 12.7. The molecule has 3 nitrogen and oxygen atoms in total. The first kappa shape index (κ1) is 18.5. The van der Waals surface area contributed by atoms with Crippen molar-refractivity contribution in [3.05, 3.63) is 77.1 Å². The van der Waals surface area contributed by atoms with Crippen LogP contribution in [0.1, 0.15) is 0 Å². The van der Waals surface area contributed by atoms with Crippen molar-refractivity contribution in [2.24, 2.45) is 0 Å². The fourth-order valence-corrected chi connectivity index (χ4v) is 3.31. The highest BCUT2D eigenvalue weighted by Gasteiger charge is 2.02. The van der Waals surface area contributed by atoms with Crippen molar-refractivity contribution < 1.29 is 13.2 Å². The summed E-state index contributed by atoms with van der Waals surface area (Å²) in [5.41, 5.74) is 0. The largest absolute Gasteiger partial charge is 0.323 e. The molecule has 0 unspecified atom stereocenters. The van der Waals surface area contributed by atoms with Gasteiger partial charge in [0.15, 0.2) is 5.95 Å². The minimum absolute atomic E-state index is 0.391. The highest BCUT2D eigenvalue weighted by atomic mass is 33.1. The molecule has 9 heteroatoms. The zero-order valence-electron chi connectivity index (χ0n) is 11.9. The molecule has 0 atom stereocenters. The van der Waals surface area contributed by atoms with Crippen LogP contribution in [-0.4, -0.2) is 15.0 Å². The van der Waals surface area contributed by atoms with Gasteiger partial charge in [-0.05, 0) is 58.0 Å². The van der Waals surface area contributed by atoms with Crippen LogP contribution in [0.3, 0.4) is 0 Å². The Bertz CT molecular complexity index is 813. The van der Waals surface area contributed by atoms with Gasteiger partial charge in [0.05, 0.1) is 0 Å². The number of halogens is 3. The normalized spacial score (nSPS) is 9.96. The van der Waals surface area contributed by atoms with E-state index in [1.807, 2.05) is 0 Å². The Balaban J connectivity index is 0.000000219. The minimum Gasteiger partial charge on any atom is -0.323 e. The predicted molar refractivity (Wildman–Crippen MR) is 91.7 cm³/mol. The van der Waals surface area contributed by atoms with Crippen molar-refractivity contribution >= 4 is 33.8 Å². The molecule has 0 aliphatic rings. The van der Waals surface area contributed by atoms with Crippen LogP contribution in [0, 0.1) is 22.5 Å². The minimum atomic E-state index is -0.530. The van der Waals surface area contributed by atoms with E-state index in [9.17, 15) is 13.2 Å². The second-order valence-corrected chi connectivity index (χ2v) is 6.74. The number of nitrogens with one attached hydrogen (secondary N) is 1. The number of nitrogens with zero attached hydrogens (tertiary/aromatic N) is 2. The standard InChI is InChI=1S/C10H6F2N2S2.C5H4FNS/c11-7-3-1-5-9(13-7)15-16-10-6-2-4-8(12)14-10;6-4-2-1-3-5(8)7-4/h1-6H;1-3H,(H,7,8). The summed E-state index contributed by atoms with van der Waals surface area (Å²) >= 11 is 4.60. The summed E-state index contributed by atoms with van der Waals surface area (Å²) in [5, 5.41) is 1.05. The lowest BCUT2D eigenvalue weighted by atomic mass is 10.5. The maximum Gasteiger partial charge on any atom is 0.213 e. The third kappa shape index (κ3) is 6.73. The van der Waals surface area contributed by atoms with Gasteiger partial charge >= 0.3 is 0 Å². The molecule has 124 valence electrons. The zero-order valence-corrected chi connectivity index (χ0v) is 14.4. The molecule has 3 aromatic heterocycles. The number of rotatable bonds is 3. The fourth-order valence-electron chi connectivity index (χ4n) is 1.38. The molecular weight excluding hydrogens is 375 g/mol. The molecule has 3 aromatic rings. The first-order valence-corrected chi connectivity index (χ1v) is 9.03. The average Bonchev–Trinajstić information content (AvgIpc) is 2.54. The van der Waals surface area contributed by atoms with Crippen molar-refractivity contribution in [2.45, 2.75) is 10.1 Å². The molecule has 24 heavy (non-hydrogen) atoms. The van der Waals surface area contributed by atoms with Gasteiger partial charge < -0.3 is 4.98 Å². The van der Waals surface area contributed by atoms with Gasteiger partial charge in [-0.15, -0.1) is 0 Å². The van der Waals surface area contributed by atoms with Crippen LogP contribution >= 0.6 is 33.8 Å². The van der Waals surface area contributed by atoms with Crippen molar-refractivity contribution in [3.8, 4) is 0 Å². The third-order valence-corrected chi connectivity index (χ3v) is 4.72. The quantitative estimate of drug-likeness (QED) is 0.369. The molecule has 0 bridgehead atoms. The average molecular weight is 385 g/mol. The van der Waals surface area contributed by atoms with Crippen LogP contribution in [0.15, 0.2) is 64.6 Å². The van der Waals surface area contributed by atoms with Gasteiger partial charge in [0, 0.05) is 0 Å². The predicted octanol–water partition coefficient (Wildman–Crippen LogP) is 5.44. The number of hydrogen-bond acceptors (Lipinski definition) is 5. The summed E-state index contributed by atoms with van der Waals surface area (Å²) in [6, 6.07) is 13.6. The topological polar surface area (TPSA) is 41.6 Å². The molecule has 3 heterocycles. The Labute approximate surface area is 149 Å². The van der Waals surface area contributed by atoms with Crippen molar-refractivity contribution in [3.63, 3.8) is 0 Å². The van der Waals surface area contributed by atoms with Crippen molar-refractivity contribution in [1.29, 1.82) is 0 Å². The van der Waals surface area contributed by atoms with E-state index in [-0.39, 0.29) is 0 Å². The van der Waals surface area contributed by atoms with Gasteiger partial charge in [0.2, 0.25) is 11.9 Å². The molecule has 3 rings (SSSR count). The molecule has 0 amide bonds. The van der Waals surface area contributed by atoms with E-state index in [2.05, 4.69) is 27.2 Å². The SMILES string of the molecule is Fc1cccc(=S)[nH]1.Fc1cccc(SSc2cccc(F)n2)n1. The third-order valence-electron chi connectivity index (χ3n) is 2.32. The van der Waals surface area contributed by atoms with Crippen LogP contribution < -0.4 is 0 Å². The van der Waals surface area contributed by atoms with Gasteiger partial charge in [0.1, 0.15) is 14.7 Å². The molecule has 0 radical (unpaired) electrons. The lowest BCUT2D eigenvalue weighted by Crippen LogP contribution is -1.84. The van der Waals surface area contributed by atoms with E-state index in [4.69, 9.17) is 0 Å². The molecule has 0 aliphatic heterocycles. The second-order valence-electron chi connectivity index (χ2n) is 4.13. The van der Waals surface area contributed by atoms with E-state index in [0.717, 1.165) is 0 Å². The second kappa shape index (κ2) is 9.45. The Morgan fingerprint density at radius 2 is 1.25 bits per heavy atom. The maximum atomic E-state index is 12.7. The number of aromatic amines is 1. The highest BCUT2D eigenvalue weighted by molar-refractivity contribution is 8.76. The summed E-state index contributed by atoms with van der Waals surface area (Å²) in [5.74, 6) is -1.45. The number of hydrogen-bond donors (Lipinski definition) is 1. The van der Waals surface area contributed by atoms with Crippen LogP contribution in [0.2, 0.25) is 0 Å². The zero-order chi connectivity index (χ0) is 17.4. The highest BCUT2D eigenvalue weighted by Crippen LogP contribution is 2.34. The summed E-state index contributed by atoms with van der Waals surface area (Å²) in [6.45, 7) is 0. The molecule has 0 aliphatic carbocycles. The van der Waals surface area contributed by atoms with E-state index in [1.54, 1.807) is 36.4 Å². The fraction of sp³-hybridized carbons (Fsp3) is 0. The summed E-state index contributed by atoms with van der Waals surface area (Å²) in [7, 11) is 2.47. The molecule has 0 spiro atoms.